The minimum absolute atomic E-state index is 0.0351. The molecule has 2 heteroatoms. The number of unbranched alkanes of at least 4 members (excludes halogenated alkanes) is 7. The van der Waals surface area contributed by atoms with Gasteiger partial charge in [-0.2, -0.15) is 0 Å². The van der Waals surface area contributed by atoms with Crippen molar-refractivity contribution in [1.82, 2.24) is 0 Å². The van der Waals surface area contributed by atoms with Crippen molar-refractivity contribution in [3.8, 4) is 0 Å². The third-order valence-corrected chi connectivity index (χ3v) is 5.40. The fourth-order valence-corrected chi connectivity index (χ4v) is 3.60. The quantitative estimate of drug-likeness (QED) is 0.216. The van der Waals surface area contributed by atoms with Gasteiger partial charge in [0.2, 0.25) is 0 Å². The Balaban J connectivity index is 2.67. The summed E-state index contributed by atoms with van der Waals surface area (Å²) in [5.41, 5.74) is 1.13. The molecule has 1 aromatic rings. The molecule has 1 aromatic carbocycles. The van der Waals surface area contributed by atoms with Crippen molar-refractivity contribution in [2.75, 3.05) is 0 Å². The average molecular weight is 375 g/mol. The molecular formula is C25H42O2. The Labute approximate surface area is 168 Å². The summed E-state index contributed by atoms with van der Waals surface area (Å²) in [6.45, 7) is 6.65. The van der Waals surface area contributed by atoms with Crippen molar-refractivity contribution in [3.05, 3.63) is 35.9 Å². The molecule has 0 N–H and O–H groups in total. The highest BCUT2D eigenvalue weighted by molar-refractivity contribution is 5.72. The van der Waals surface area contributed by atoms with E-state index in [1.165, 1.54) is 38.5 Å². The van der Waals surface area contributed by atoms with Gasteiger partial charge in [0.05, 0.1) is 5.92 Å². The van der Waals surface area contributed by atoms with Gasteiger partial charge in [-0.15, -0.1) is 0 Å². The third kappa shape index (κ3) is 10.6. The van der Waals surface area contributed by atoms with Gasteiger partial charge in [0.25, 0.3) is 0 Å². The largest absolute Gasteiger partial charge is 0.457 e. The summed E-state index contributed by atoms with van der Waals surface area (Å²) in [5.74, 6) is 0.111. The van der Waals surface area contributed by atoms with E-state index in [9.17, 15) is 4.79 Å². The fraction of sp³-hybridized carbons (Fsp3) is 0.720. The minimum Gasteiger partial charge on any atom is -0.457 e. The number of esters is 1. The van der Waals surface area contributed by atoms with Crippen LogP contribution in [0.2, 0.25) is 0 Å². The van der Waals surface area contributed by atoms with Gasteiger partial charge < -0.3 is 4.74 Å². The van der Waals surface area contributed by atoms with Crippen molar-refractivity contribution in [2.24, 2.45) is 5.92 Å². The Kier molecular flexibility index (Phi) is 13.8. The summed E-state index contributed by atoms with van der Waals surface area (Å²) >= 11 is 0. The van der Waals surface area contributed by atoms with E-state index in [0.717, 1.165) is 50.5 Å². The van der Waals surface area contributed by atoms with Crippen LogP contribution in [-0.4, -0.2) is 5.97 Å². The molecular weight excluding hydrogens is 332 g/mol. The Morgan fingerprint density at radius 1 is 0.741 bits per heavy atom. The van der Waals surface area contributed by atoms with Crippen LogP contribution in [-0.2, 0) is 9.53 Å². The maximum Gasteiger partial charge on any atom is 0.309 e. The van der Waals surface area contributed by atoms with Crippen LogP contribution in [0.4, 0.5) is 0 Å². The van der Waals surface area contributed by atoms with E-state index in [-0.39, 0.29) is 18.0 Å². The van der Waals surface area contributed by atoms with E-state index in [2.05, 4.69) is 32.9 Å². The molecule has 0 fully saturated rings. The maximum atomic E-state index is 13.0. The number of hydrogen-bond acceptors (Lipinski definition) is 2. The summed E-state index contributed by atoms with van der Waals surface area (Å²) in [7, 11) is 0. The summed E-state index contributed by atoms with van der Waals surface area (Å²) in [5, 5.41) is 0. The Morgan fingerprint density at radius 2 is 1.30 bits per heavy atom. The van der Waals surface area contributed by atoms with Crippen LogP contribution in [0.15, 0.2) is 30.3 Å². The van der Waals surface area contributed by atoms with Gasteiger partial charge >= 0.3 is 5.97 Å². The zero-order valence-corrected chi connectivity index (χ0v) is 18.1. The molecule has 0 radical (unpaired) electrons. The normalized spacial score (nSPS) is 12.3. The summed E-state index contributed by atoms with van der Waals surface area (Å²) in [4.78, 5) is 13.0. The van der Waals surface area contributed by atoms with Gasteiger partial charge in [-0.1, -0.05) is 109 Å². The van der Waals surface area contributed by atoms with Crippen LogP contribution in [0, 0.1) is 5.92 Å². The zero-order chi connectivity index (χ0) is 19.7. The summed E-state index contributed by atoms with van der Waals surface area (Å²) in [6.07, 6.45) is 14.8. The summed E-state index contributed by atoms with van der Waals surface area (Å²) < 4.78 is 6.08. The molecule has 0 heterocycles. The number of carbonyl (C=O) groups excluding carboxylic acids is 1. The van der Waals surface area contributed by atoms with Crippen LogP contribution >= 0.6 is 0 Å². The Morgan fingerprint density at radius 3 is 1.81 bits per heavy atom. The number of carbonyl (C=O) groups is 1. The van der Waals surface area contributed by atoms with Gasteiger partial charge in [0.15, 0.2) is 0 Å². The highest BCUT2D eigenvalue weighted by Crippen LogP contribution is 2.27. The monoisotopic (exact) mass is 374 g/mol. The molecule has 1 unspecified atom stereocenters. The van der Waals surface area contributed by atoms with Gasteiger partial charge in [-0.05, 0) is 31.2 Å². The van der Waals surface area contributed by atoms with Crippen molar-refractivity contribution < 1.29 is 9.53 Å². The van der Waals surface area contributed by atoms with E-state index in [1.54, 1.807) is 0 Å². The Hall–Kier alpha value is -1.31. The molecule has 27 heavy (non-hydrogen) atoms. The molecule has 0 aliphatic carbocycles. The van der Waals surface area contributed by atoms with E-state index in [4.69, 9.17) is 4.74 Å². The zero-order valence-electron chi connectivity index (χ0n) is 18.1. The third-order valence-electron chi connectivity index (χ3n) is 5.40. The molecule has 0 bridgehead atoms. The first-order valence-corrected chi connectivity index (χ1v) is 11.5. The molecule has 1 rings (SSSR count). The van der Waals surface area contributed by atoms with E-state index in [0.29, 0.717) is 0 Å². The second-order valence-corrected chi connectivity index (χ2v) is 7.87. The molecule has 154 valence electrons. The van der Waals surface area contributed by atoms with Crippen LogP contribution < -0.4 is 0 Å². The first-order valence-electron chi connectivity index (χ1n) is 11.5. The fourth-order valence-electron chi connectivity index (χ4n) is 3.60. The highest BCUT2D eigenvalue weighted by Gasteiger charge is 2.23. The van der Waals surface area contributed by atoms with E-state index >= 15 is 0 Å². The van der Waals surface area contributed by atoms with Crippen LogP contribution in [0.3, 0.4) is 0 Å². The van der Waals surface area contributed by atoms with Crippen LogP contribution in [0.5, 0.6) is 0 Å². The smallest absolute Gasteiger partial charge is 0.309 e. The molecule has 1 atom stereocenters. The lowest BCUT2D eigenvalue weighted by atomic mass is 9.94. The topological polar surface area (TPSA) is 26.3 Å². The minimum atomic E-state index is -0.0903. The molecule has 0 spiro atoms. The maximum absolute atomic E-state index is 13.0. The number of ether oxygens (including phenoxy) is 1. The van der Waals surface area contributed by atoms with Crippen LogP contribution in [0.1, 0.15) is 116 Å². The van der Waals surface area contributed by atoms with E-state index < -0.39 is 0 Å². The summed E-state index contributed by atoms with van der Waals surface area (Å²) in [6, 6.07) is 10.3. The number of rotatable bonds is 16. The van der Waals surface area contributed by atoms with Gasteiger partial charge in [0, 0.05) is 0 Å². The predicted molar refractivity (Wildman–Crippen MR) is 116 cm³/mol. The van der Waals surface area contributed by atoms with Crippen molar-refractivity contribution in [1.29, 1.82) is 0 Å². The molecule has 0 aliphatic heterocycles. The van der Waals surface area contributed by atoms with Crippen LogP contribution in [0.25, 0.3) is 0 Å². The van der Waals surface area contributed by atoms with Crippen molar-refractivity contribution >= 4 is 5.97 Å². The van der Waals surface area contributed by atoms with Gasteiger partial charge in [-0.3, -0.25) is 4.79 Å². The number of hydrogen-bond donors (Lipinski definition) is 0. The first-order chi connectivity index (χ1) is 13.2. The molecule has 0 aromatic heterocycles. The number of benzene rings is 1. The molecule has 2 nitrogen and oxygen atoms in total. The average Bonchev–Trinajstić information content (AvgIpc) is 2.70. The van der Waals surface area contributed by atoms with Gasteiger partial charge in [0.1, 0.15) is 6.10 Å². The van der Waals surface area contributed by atoms with Crippen molar-refractivity contribution in [2.45, 2.75) is 110 Å². The second kappa shape index (κ2) is 15.7. The molecule has 0 saturated heterocycles. The van der Waals surface area contributed by atoms with Gasteiger partial charge in [-0.25, -0.2) is 0 Å². The standard InChI is InChI=1S/C25H42O2/c1-4-7-10-13-19-23(20-14-11-8-5-2)25(26)27-24(21-9-6-3)22-17-15-12-16-18-22/h12,15-18,23-24H,4-11,13-14,19-21H2,1-3H3. The Bertz CT molecular complexity index is 456. The van der Waals surface area contributed by atoms with Crippen molar-refractivity contribution in [3.63, 3.8) is 0 Å². The molecule has 0 saturated carbocycles. The lowest BCUT2D eigenvalue weighted by molar-refractivity contribution is -0.155. The SMILES string of the molecule is CCCCCCC(CCCCCC)C(=O)OC(CCCC)c1ccccc1. The van der Waals surface area contributed by atoms with E-state index in [1.807, 2.05) is 18.2 Å². The predicted octanol–water partition coefficient (Wildman–Crippen LogP) is 8.02. The highest BCUT2D eigenvalue weighted by atomic mass is 16.5. The lowest BCUT2D eigenvalue weighted by Crippen LogP contribution is -2.21. The molecule has 0 aliphatic rings. The molecule has 0 amide bonds. The second-order valence-electron chi connectivity index (χ2n) is 7.87. The first kappa shape index (κ1) is 23.7. The lowest BCUT2D eigenvalue weighted by Gasteiger charge is -2.22.